The minimum atomic E-state index is -0.843. The first-order valence-electron chi connectivity index (χ1n) is 17.5. The molecule has 0 bridgehead atoms. The molecule has 6 aromatic carbocycles. The SMILES string of the molecule is COc1cccc(C=Nc2ccccc2N[C@H](c2cccc(OC)c2O)[C@@H](Nc2ccccc2N=Cc2cccc(OC)c2O)c2cccc(OC)c2O)c1O. The van der Waals surface area contributed by atoms with Crippen molar-refractivity contribution in [3.05, 3.63) is 144 Å². The van der Waals surface area contributed by atoms with E-state index in [9.17, 15) is 20.4 Å². The zero-order chi connectivity index (χ0) is 39.6. The number of ether oxygens (including phenoxy) is 4. The van der Waals surface area contributed by atoms with Gasteiger partial charge < -0.3 is 50.0 Å². The average Bonchev–Trinajstić information content (AvgIpc) is 3.22. The first-order valence-corrected chi connectivity index (χ1v) is 17.5. The average molecular weight is 755 g/mol. The van der Waals surface area contributed by atoms with Crippen molar-refractivity contribution in [3.8, 4) is 46.0 Å². The highest BCUT2D eigenvalue weighted by Crippen LogP contribution is 2.47. The summed E-state index contributed by atoms with van der Waals surface area (Å²) in [6, 6.07) is 33.6. The van der Waals surface area contributed by atoms with Gasteiger partial charge in [0, 0.05) is 34.7 Å². The van der Waals surface area contributed by atoms with E-state index in [1.165, 1.54) is 40.9 Å². The van der Waals surface area contributed by atoms with Crippen molar-refractivity contribution in [1.82, 2.24) is 0 Å². The lowest BCUT2D eigenvalue weighted by Crippen LogP contribution is -2.26. The van der Waals surface area contributed by atoms with E-state index in [-0.39, 0.29) is 34.5 Å². The van der Waals surface area contributed by atoms with Gasteiger partial charge in [-0.05, 0) is 60.7 Å². The number of phenolic OH excluding ortho intramolecular Hbond substituents is 4. The molecule has 0 saturated heterocycles. The van der Waals surface area contributed by atoms with Gasteiger partial charge in [0.05, 0.1) is 63.3 Å². The maximum atomic E-state index is 11.7. The number of phenols is 4. The van der Waals surface area contributed by atoms with Crippen molar-refractivity contribution in [3.63, 3.8) is 0 Å². The quantitative estimate of drug-likeness (QED) is 0.0557. The number of methoxy groups -OCH3 is 4. The van der Waals surface area contributed by atoms with Gasteiger partial charge in [-0.1, -0.05) is 60.7 Å². The van der Waals surface area contributed by atoms with Crippen LogP contribution in [0.5, 0.6) is 46.0 Å². The van der Waals surface area contributed by atoms with Crippen LogP contribution in [-0.2, 0) is 0 Å². The molecular formula is C44H42N4O8. The van der Waals surface area contributed by atoms with Crippen LogP contribution < -0.4 is 29.6 Å². The second-order valence-corrected chi connectivity index (χ2v) is 12.4. The first kappa shape index (κ1) is 38.4. The summed E-state index contributed by atoms with van der Waals surface area (Å²) < 4.78 is 21.6. The molecule has 0 aliphatic carbocycles. The molecular weight excluding hydrogens is 713 g/mol. The fraction of sp³-hybridized carbons (Fsp3) is 0.136. The number of benzene rings is 6. The fourth-order valence-corrected chi connectivity index (χ4v) is 6.24. The summed E-state index contributed by atoms with van der Waals surface area (Å²) in [5, 5.41) is 52.1. The van der Waals surface area contributed by atoms with E-state index in [4.69, 9.17) is 28.9 Å². The molecule has 6 rings (SSSR count). The Morgan fingerprint density at radius 1 is 0.429 bits per heavy atom. The second kappa shape index (κ2) is 17.7. The van der Waals surface area contributed by atoms with E-state index in [2.05, 4.69) is 10.6 Å². The topological polar surface area (TPSA) is 167 Å². The Morgan fingerprint density at radius 2 is 0.768 bits per heavy atom. The van der Waals surface area contributed by atoms with Gasteiger partial charge in [-0.3, -0.25) is 9.98 Å². The number of para-hydroxylation sites is 8. The molecule has 2 atom stereocenters. The van der Waals surface area contributed by atoms with Gasteiger partial charge in [-0.2, -0.15) is 0 Å². The summed E-state index contributed by atoms with van der Waals surface area (Å²) in [4.78, 5) is 9.47. The van der Waals surface area contributed by atoms with Gasteiger partial charge in [0.1, 0.15) is 0 Å². The molecule has 0 heterocycles. The maximum absolute atomic E-state index is 11.7. The molecule has 0 radical (unpaired) electrons. The van der Waals surface area contributed by atoms with Crippen molar-refractivity contribution in [2.45, 2.75) is 12.1 Å². The van der Waals surface area contributed by atoms with Crippen molar-refractivity contribution in [2.75, 3.05) is 39.1 Å². The molecule has 0 aliphatic rings. The lowest BCUT2D eigenvalue weighted by molar-refractivity contribution is 0.364. The Bertz CT molecular complexity index is 2200. The van der Waals surface area contributed by atoms with Crippen LogP contribution in [0.25, 0.3) is 0 Å². The molecule has 0 amide bonds. The number of rotatable bonds is 15. The third-order valence-electron chi connectivity index (χ3n) is 9.12. The highest BCUT2D eigenvalue weighted by atomic mass is 16.5. The predicted molar refractivity (Wildman–Crippen MR) is 219 cm³/mol. The molecule has 12 heteroatoms. The number of nitrogens with zero attached hydrogens (tertiary/aromatic N) is 2. The molecule has 0 spiro atoms. The maximum Gasteiger partial charge on any atom is 0.166 e. The molecule has 12 nitrogen and oxygen atoms in total. The number of anilines is 2. The smallest absolute Gasteiger partial charge is 0.166 e. The zero-order valence-corrected chi connectivity index (χ0v) is 31.2. The van der Waals surface area contributed by atoms with Crippen LogP contribution in [-0.4, -0.2) is 61.3 Å². The van der Waals surface area contributed by atoms with Gasteiger partial charge in [-0.15, -0.1) is 0 Å². The third-order valence-corrected chi connectivity index (χ3v) is 9.12. The molecule has 6 aromatic rings. The van der Waals surface area contributed by atoms with Crippen LogP contribution in [0, 0.1) is 0 Å². The van der Waals surface area contributed by atoms with E-state index < -0.39 is 12.1 Å². The van der Waals surface area contributed by atoms with Crippen LogP contribution in [0.15, 0.2) is 131 Å². The Morgan fingerprint density at radius 3 is 1.14 bits per heavy atom. The largest absolute Gasteiger partial charge is 0.504 e. The molecule has 0 fully saturated rings. The number of hydrogen-bond acceptors (Lipinski definition) is 12. The van der Waals surface area contributed by atoms with Crippen LogP contribution in [0.4, 0.5) is 22.7 Å². The number of hydrogen-bond donors (Lipinski definition) is 6. The summed E-state index contributed by atoms with van der Waals surface area (Å²) in [6.45, 7) is 0. The summed E-state index contributed by atoms with van der Waals surface area (Å²) in [5.74, 6) is 0.758. The third kappa shape index (κ3) is 8.24. The molecule has 0 unspecified atom stereocenters. The lowest BCUT2D eigenvalue weighted by atomic mass is 9.90. The van der Waals surface area contributed by atoms with Crippen molar-refractivity contribution >= 4 is 35.2 Å². The standard InChI is InChI=1S/C44H42N4O8/c1-53-35-21-9-13-27(41(35)49)25-45-31-17-5-7-19-33(31)47-39(29-15-11-23-37(55-3)43(29)51)40(30-16-12-24-38(56-4)44(30)52)48-34-20-8-6-18-32(34)46-26-28-14-10-22-36(54-2)42(28)50/h5-26,39-40,47-52H,1-4H3/t39-,40+. The molecule has 0 aromatic heterocycles. The monoisotopic (exact) mass is 754 g/mol. The van der Waals surface area contributed by atoms with Gasteiger partial charge >= 0.3 is 0 Å². The highest BCUT2D eigenvalue weighted by molar-refractivity contribution is 5.89. The Kier molecular flexibility index (Phi) is 12.1. The van der Waals surface area contributed by atoms with Crippen molar-refractivity contribution in [2.24, 2.45) is 9.98 Å². The minimum Gasteiger partial charge on any atom is -0.504 e. The summed E-state index contributed by atoms with van der Waals surface area (Å²) in [7, 11) is 5.89. The highest BCUT2D eigenvalue weighted by Gasteiger charge is 2.32. The zero-order valence-electron chi connectivity index (χ0n) is 31.2. The van der Waals surface area contributed by atoms with E-state index in [0.717, 1.165) is 0 Å². The van der Waals surface area contributed by atoms with Crippen LogP contribution in [0.1, 0.15) is 34.3 Å². The van der Waals surface area contributed by atoms with Crippen molar-refractivity contribution < 1.29 is 39.4 Å². The lowest BCUT2D eigenvalue weighted by Gasteiger charge is -2.33. The summed E-state index contributed by atoms with van der Waals surface area (Å²) in [5.41, 5.74) is 3.89. The normalized spacial score (nSPS) is 12.3. The molecule has 0 aliphatic heterocycles. The Balaban J connectivity index is 1.50. The van der Waals surface area contributed by atoms with Crippen LogP contribution in [0.2, 0.25) is 0 Å². The number of nitrogens with one attached hydrogen (secondary N) is 2. The van der Waals surface area contributed by atoms with Gasteiger partial charge in [0.2, 0.25) is 0 Å². The van der Waals surface area contributed by atoms with E-state index >= 15 is 0 Å². The fourth-order valence-electron chi connectivity index (χ4n) is 6.24. The van der Waals surface area contributed by atoms with E-state index in [1.807, 2.05) is 48.5 Å². The molecule has 6 N–H and O–H groups in total. The van der Waals surface area contributed by atoms with Gasteiger partial charge in [-0.25, -0.2) is 0 Å². The Hall–Kier alpha value is -7.34. The minimum absolute atomic E-state index is 0.0518. The number of aliphatic imine (C=N–C) groups is 2. The van der Waals surface area contributed by atoms with Gasteiger partial charge in [0.25, 0.3) is 0 Å². The molecule has 286 valence electrons. The predicted octanol–water partition coefficient (Wildman–Crippen LogP) is 9.05. The van der Waals surface area contributed by atoms with Gasteiger partial charge in [0.15, 0.2) is 46.0 Å². The molecule has 56 heavy (non-hydrogen) atoms. The molecule has 0 saturated carbocycles. The number of aromatic hydroxyl groups is 4. The van der Waals surface area contributed by atoms with Crippen molar-refractivity contribution in [1.29, 1.82) is 0 Å². The second-order valence-electron chi connectivity index (χ2n) is 12.4. The summed E-state index contributed by atoms with van der Waals surface area (Å²) in [6.07, 6.45) is 3.07. The van der Waals surface area contributed by atoms with Crippen LogP contribution in [0.3, 0.4) is 0 Å². The summed E-state index contributed by atoms with van der Waals surface area (Å²) >= 11 is 0. The first-order chi connectivity index (χ1) is 27.3. The van der Waals surface area contributed by atoms with Crippen LogP contribution >= 0.6 is 0 Å². The Labute approximate surface area is 324 Å². The van der Waals surface area contributed by atoms with E-state index in [0.29, 0.717) is 56.5 Å². The van der Waals surface area contributed by atoms with E-state index in [1.54, 1.807) is 72.8 Å².